The van der Waals surface area contributed by atoms with Crippen molar-refractivity contribution < 1.29 is 4.79 Å². The average Bonchev–Trinajstić information content (AvgIpc) is 2.91. The molecule has 1 aliphatic heterocycles. The maximum absolute atomic E-state index is 12.0. The normalized spacial score (nSPS) is 17.4. The summed E-state index contributed by atoms with van der Waals surface area (Å²) in [7, 11) is 0. The Balaban J connectivity index is 2.12. The number of hydrogen-bond acceptors (Lipinski definition) is 3. The largest absolute Gasteiger partial charge is 0.341 e. The molecule has 0 unspecified atom stereocenters. The molecule has 18 heavy (non-hydrogen) atoms. The van der Waals surface area contributed by atoms with E-state index in [9.17, 15) is 4.79 Å². The van der Waals surface area contributed by atoms with Gasteiger partial charge in [0.1, 0.15) is 0 Å². The Morgan fingerprint density at radius 3 is 2.44 bits per heavy atom. The summed E-state index contributed by atoms with van der Waals surface area (Å²) in [5, 5.41) is 3.34. The molecule has 0 saturated carbocycles. The third-order valence-corrected chi connectivity index (χ3v) is 3.78. The monoisotopic (exact) mass is 255 g/mol. The Labute approximate surface area is 112 Å². The Morgan fingerprint density at radius 2 is 1.89 bits per heavy atom. The van der Waals surface area contributed by atoms with Crippen LogP contribution in [0.5, 0.6) is 0 Å². The van der Waals surface area contributed by atoms with E-state index in [0.717, 1.165) is 45.7 Å². The first-order valence-corrected chi connectivity index (χ1v) is 7.43. The van der Waals surface area contributed by atoms with Crippen LogP contribution in [0, 0.1) is 0 Å². The molecule has 106 valence electrons. The molecule has 1 N–H and O–H groups in total. The molecule has 1 atom stereocenters. The molecule has 1 fully saturated rings. The first-order valence-electron chi connectivity index (χ1n) is 7.43. The smallest absolute Gasteiger partial charge is 0.239 e. The standard InChI is InChI=1S/C14H29N3O/c1-4-16(5-2)10-8-9-15-13(3)14(18)17-11-6-7-12-17/h13,15H,4-12H2,1-3H3/t13-/m1/s1. The molecular formula is C14H29N3O. The van der Waals surface area contributed by atoms with Crippen LogP contribution in [-0.2, 0) is 4.79 Å². The highest BCUT2D eigenvalue weighted by atomic mass is 16.2. The van der Waals surface area contributed by atoms with Crippen LogP contribution in [0.25, 0.3) is 0 Å². The zero-order valence-corrected chi connectivity index (χ0v) is 12.2. The van der Waals surface area contributed by atoms with Crippen LogP contribution >= 0.6 is 0 Å². The molecular weight excluding hydrogens is 226 g/mol. The first-order chi connectivity index (χ1) is 8.69. The second-order valence-corrected chi connectivity index (χ2v) is 5.09. The molecule has 0 aromatic heterocycles. The minimum Gasteiger partial charge on any atom is -0.341 e. The molecule has 0 radical (unpaired) electrons. The Morgan fingerprint density at radius 1 is 1.28 bits per heavy atom. The molecule has 1 heterocycles. The van der Waals surface area contributed by atoms with E-state index in [1.807, 2.05) is 11.8 Å². The molecule has 1 aliphatic rings. The Hall–Kier alpha value is -0.610. The third kappa shape index (κ3) is 4.94. The highest BCUT2D eigenvalue weighted by molar-refractivity contribution is 5.81. The fraction of sp³-hybridized carbons (Fsp3) is 0.929. The van der Waals surface area contributed by atoms with Gasteiger partial charge in [0.25, 0.3) is 0 Å². The van der Waals surface area contributed by atoms with Crippen LogP contribution in [0.15, 0.2) is 0 Å². The van der Waals surface area contributed by atoms with E-state index in [-0.39, 0.29) is 11.9 Å². The summed E-state index contributed by atoms with van der Waals surface area (Å²) in [6, 6.07) is -0.0280. The molecule has 1 amide bonds. The molecule has 0 bridgehead atoms. The van der Waals surface area contributed by atoms with Gasteiger partial charge in [0, 0.05) is 13.1 Å². The number of rotatable bonds is 8. The Kier molecular flexibility index (Phi) is 7.28. The maximum atomic E-state index is 12.0. The van der Waals surface area contributed by atoms with Crippen molar-refractivity contribution in [3.05, 3.63) is 0 Å². The van der Waals surface area contributed by atoms with Gasteiger partial charge in [-0.05, 0) is 52.4 Å². The number of carbonyl (C=O) groups excluding carboxylic acids is 1. The zero-order chi connectivity index (χ0) is 13.4. The number of carbonyl (C=O) groups is 1. The van der Waals surface area contributed by atoms with Gasteiger partial charge in [-0.25, -0.2) is 0 Å². The molecule has 0 aromatic carbocycles. The number of hydrogen-bond donors (Lipinski definition) is 1. The van der Waals surface area contributed by atoms with Gasteiger partial charge in [-0.2, -0.15) is 0 Å². The number of nitrogens with zero attached hydrogens (tertiary/aromatic N) is 2. The van der Waals surface area contributed by atoms with Crippen LogP contribution in [0.4, 0.5) is 0 Å². The maximum Gasteiger partial charge on any atom is 0.239 e. The van der Waals surface area contributed by atoms with Crippen molar-refractivity contribution in [2.24, 2.45) is 0 Å². The summed E-state index contributed by atoms with van der Waals surface area (Å²) in [5.74, 6) is 0.273. The lowest BCUT2D eigenvalue weighted by Gasteiger charge is -2.22. The van der Waals surface area contributed by atoms with Crippen LogP contribution < -0.4 is 5.32 Å². The van der Waals surface area contributed by atoms with Crippen molar-refractivity contribution in [2.75, 3.05) is 39.3 Å². The minimum absolute atomic E-state index is 0.0280. The lowest BCUT2D eigenvalue weighted by Crippen LogP contribution is -2.44. The summed E-state index contributed by atoms with van der Waals surface area (Å²) in [6.45, 7) is 12.5. The summed E-state index contributed by atoms with van der Waals surface area (Å²) >= 11 is 0. The van der Waals surface area contributed by atoms with Crippen molar-refractivity contribution in [2.45, 2.75) is 46.1 Å². The number of likely N-dealkylation sites (tertiary alicyclic amines) is 1. The van der Waals surface area contributed by atoms with Gasteiger partial charge in [-0.1, -0.05) is 13.8 Å². The molecule has 0 aromatic rings. The lowest BCUT2D eigenvalue weighted by molar-refractivity contribution is -0.131. The topological polar surface area (TPSA) is 35.6 Å². The molecule has 4 heteroatoms. The van der Waals surface area contributed by atoms with Gasteiger partial charge < -0.3 is 15.1 Å². The third-order valence-electron chi connectivity index (χ3n) is 3.78. The highest BCUT2D eigenvalue weighted by Gasteiger charge is 2.22. The minimum atomic E-state index is -0.0280. The Bertz CT molecular complexity index is 235. The van der Waals surface area contributed by atoms with Crippen LogP contribution in [0.2, 0.25) is 0 Å². The van der Waals surface area contributed by atoms with E-state index in [4.69, 9.17) is 0 Å². The summed E-state index contributed by atoms with van der Waals surface area (Å²) < 4.78 is 0. The van der Waals surface area contributed by atoms with Crippen molar-refractivity contribution in [3.8, 4) is 0 Å². The number of amides is 1. The second-order valence-electron chi connectivity index (χ2n) is 5.09. The van der Waals surface area contributed by atoms with Gasteiger partial charge in [0.05, 0.1) is 6.04 Å². The summed E-state index contributed by atoms with van der Waals surface area (Å²) in [5.41, 5.74) is 0. The van der Waals surface area contributed by atoms with Gasteiger partial charge in [-0.3, -0.25) is 4.79 Å². The lowest BCUT2D eigenvalue weighted by atomic mass is 10.2. The van der Waals surface area contributed by atoms with Crippen LogP contribution in [0.1, 0.15) is 40.0 Å². The number of nitrogens with one attached hydrogen (secondary N) is 1. The predicted molar refractivity (Wildman–Crippen MR) is 75.7 cm³/mol. The average molecular weight is 255 g/mol. The van der Waals surface area contributed by atoms with E-state index in [1.54, 1.807) is 0 Å². The highest BCUT2D eigenvalue weighted by Crippen LogP contribution is 2.08. The molecule has 1 rings (SSSR count). The van der Waals surface area contributed by atoms with Crippen molar-refractivity contribution in [3.63, 3.8) is 0 Å². The van der Waals surface area contributed by atoms with Crippen molar-refractivity contribution in [1.29, 1.82) is 0 Å². The van der Waals surface area contributed by atoms with Crippen LogP contribution in [0.3, 0.4) is 0 Å². The van der Waals surface area contributed by atoms with Crippen molar-refractivity contribution in [1.82, 2.24) is 15.1 Å². The molecule has 0 spiro atoms. The van der Waals surface area contributed by atoms with Gasteiger partial charge in [0.2, 0.25) is 5.91 Å². The fourth-order valence-electron chi connectivity index (χ4n) is 2.46. The summed E-state index contributed by atoms with van der Waals surface area (Å²) in [4.78, 5) is 16.4. The van der Waals surface area contributed by atoms with Crippen molar-refractivity contribution >= 4 is 5.91 Å². The second kappa shape index (κ2) is 8.48. The van der Waals surface area contributed by atoms with E-state index < -0.39 is 0 Å². The molecule has 0 aliphatic carbocycles. The summed E-state index contributed by atoms with van der Waals surface area (Å²) in [6.07, 6.45) is 3.44. The molecule has 4 nitrogen and oxygen atoms in total. The molecule has 1 saturated heterocycles. The zero-order valence-electron chi connectivity index (χ0n) is 12.2. The van der Waals surface area contributed by atoms with E-state index >= 15 is 0 Å². The predicted octanol–water partition coefficient (Wildman–Crippen LogP) is 1.32. The van der Waals surface area contributed by atoms with E-state index in [0.29, 0.717) is 0 Å². The fourth-order valence-corrected chi connectivity index (χ4v) is 2.46. The van der Waals surface area contributed by atoms with Crippen LogP contribution in [-0.4, -0.2) is 61.0 Å². The quantitative estimate of drug-likeness (QED) is 0.665. The first kappa shape index (κ1) is 15.4. The van der Waals surface area contributed by atoms with Gasteiger partial charge in [0.15, 0.2) is 0 Å². The van der Waals surface area contributed by atoms with Gasteiger partial charge in [-0.15, -0.1) is 0 Å². The van der Waals surface area contributed by atoms with Gasteiger partial charge >= 0.3 is 0 Å². The van der Waals surface area contributed by atoms with E-state index in [1.165, 1.54) is 12.8 Å². The van der Waals surface area contributed by atoms with E-state index in [2.05, 4.69) is 24.1 Å². The SMILES string of the molecule is CCN(CC)CCCN[C@H](C)C(=O)N1CCCC1.